The summed E-state index contributed by atoms with van der Waals surface area (Å²) in [7, 11) is 1.26. The smallest absolute Gasteiger partial charge is 0.328 e. The Labute approximate surface area is 219 Å². The van der Waals surface area contributed by atoms with Crippen LogP contribution in [-0.2, 0) is 28.7 Å². The van der Waals surface area contributed by atoms with Gasteiger partial charge in [0.1, 0.15) is 12.1 Å². The van der Waals surface area contributed by atoms with Crippen molar-refractivity contribution in [3.8, 4) is 0 Å². The van der Waals surface area contributed by atoms with Gasteiger partial charge in [0.15, 0.2) is 5.78 Å². The fourth-order valence-corrected chi connectivity index (χ4v) is 8.72. The van der Waals surface area contributed by atoms with Crippen LogP contribution in [0.15, 0.2) is 11.6 Å². The molecule has 0 bridgehead atoms. The zero-order valence-electron chi connectivity index (χ0n) is 22.4. The Hall–Kier alpha value is -2.22. The number of hydrogen-bond acceptors (Lipinski definition) is 7. The molecule has 8 nitrogen and oxygen atoms in total. The van der Waals surface area contributed by atoms with Crippen molar-refractivity contribution in [2.75, 3.05) is 13.7 Å². The molecule has 1 heterocycles. The number of carbonyl (C=O) groups excluding carboxylic acids is 4. The zero-order valence-corrected chi connectivity index (χ0v) is 22.4. The Balaban J connectivity index is 1.19. The highest BCUT2D eigenvalue weighted by Crippen LogP contribution is 2.65. The number of carbonyl (C=O) groups is 4. The second-order valence-electron chi connectivity index (χ2n) is 12.5. The maximum atomic E-state index is 12.8. The summed E-state index contributed by atoms with van der Waals surface area (Å²) in [5.74, 6) is 0.703. The van der Waals surface area contributed by atoms with E-state index >= 15 is 0 Å². The monoisotopic (exact) mass is 515 g/mol. The van der Waals surface area contributed by atoms with Crippen LogP contribution >= 0.6 is 0 Å². The number of aliphatic hydroxyl groups excluding tert-OH is 1. The van der Waals surface area contributed by atoms with Gasteiger partial charge in [-0.2, -0.15) is 0 Å². The van der Waals surface area contributed by atoms with E-state index in [-0.39, 0.29) is 60.4 Å². The molecule has 5 aliphatic rings. The minimum absolute atomic E-state index is 0.0388. The van der Waals surface area contributed by atoms with Gasteiger partial charge in [0.2, 0.25) is 5.91 Å². The van der Waals surface area contributed by atoms with Crippen LogP contribution in [0.5, 0.6) is 0 Å². The summed E-state index contributed by atoms with van der Waals surface area (Å²) in [4.78, 5) is 51.0. The average molecular weight is 516 g/mol. The molecular weight excluding hydrogens is 474 g/mol. The van der Waals surface area contributed by atoms with Crippen molar-refractivity contribution in [3.63, 3.8) is 0 Å². The highest BCUT2D eigenvalue weighted by Gasteiger charge is 2.60. The molecule has 1 aliphatic heterocycles. The second-order valence-corrected chi connectivity index (χ2v) is 12.5. The van der Waals surface area contributed by atoms with E-state index < -0.39 is 18.1 Å². The molecule has 3 saturated carbocycles. The predicted octanol–water partition coefficient (Wildman–Crippen LogP) is 3.35. The maximum Gasteiger partial charge on any atom is 0.328 e. The highest BCUT2D eigenvalue weighted by atomic mass is 16.5. The molecule has 37 heavy (non-hydrogen) atoms. The van der Waals surface area contributed by atoms with Crippen molar-refractivity contribution in [1.29, 1.82) is 0 Å². The Kier molecular flexibility index (Phi) is 7.01. The third kappa shape index (κ3) is 4.53. The SMILES string of the molecule is COC(=O)[C@H]1C[C@@H](O)CN1C(=O)CCC(=O)O[C@H]1CC[C@H]2[C@@H]3CCC4=CC(=O)CC[C@]4(C)[C@@H]3CC[C@]12C. The van der Waals surface area contributed by atoms with E-state index in [4.69, 9.17) is 9.47 Å². The van der Waals surface area contributed by atoms with Gasteiger partial charge in [-0.15, -0.1) is 0 Å². The molecule has 0 aromatic carbocycles. The quantitative estimate of drug-likeness (QED) is 0.559. The Bertz CT molecular complexity index is 1010. The summed E-state index contributed by atoms with van der Waals surface area (Å²) in [6.07, 6.45) is 8.81. The molecule has 4 aliphatic carbocycles. The number of aliphatic hydroxyl groups is 1. The lowest BCUT2D eigenvalue weighted by atomic mass is 9.47. The van der Waals surface area contributed by atoms with E-state index in [9.17, 15) is 24.3 Å². The molecule has 4 fully saturated rings. The first kappa shape index (κ1) is 26.4. The molecule has 8 heteroatoms. The van der Waals surface area contributed by atoms with E-state index in [2.05, 4.69) is 13.8 Å². The van der Waals surface area contributed by atoms with Crippen LogP contribution in [0, 0.1) is 28.6 Å². The normalized spacial score (nSPS) is 40.8. The van der Waals surface area contributed by atoms with Gasteiger partial charge in [0.05, 0.1) is 19.6 Å². The van der Waals surface area contributed by atoms with Crippen molar-refractivity contribution in [3.05, 3.63) is 11.6 Å². The van der Waals surface area contributed by atoms with Gasteiger partial charge in [0.25, 0.3) is 0 Å². The van der Waals surface area contributed by atoms with Crippen molar-refractivity contribution < 1.29 is 33.8 Å². The zero-order chi connectivity index (χ0) is 26.5. The highest BCUT2D eigenvalue weighted by molar-refractivity contribution is 5.91. The number of rotatable bonds is 5. The van der Waals surface area contributed by atoms with Crippen LogP contribution in [0.4, 0.5) is 0 Å². The van der Waals surface area contributed by atoms with Gasteiger partial charge in [-0.05, 0) is 74.2 Å². The van der Waals surface area contributed by atoms with Crippen molar-refractivity contribution in [2.45, 2.75) is 103 Å². The van der Waals surface area contributed by atoms with Gasteiger partial charge in [-0.3, -0.25) is 14.4 Å². The lowest BCUT2D eigenvalue weighted by molar-refractivity contribution is -0.161. The molecule has 1 amide bonds. The molecule has 204 valence electrons. The van der Waals surface area contributed by atoms with Gasteiger partial charge in [0, 0.05) is 31.2 Å². The van der Waals surface area contributed by atoms with Crippen LogP contribution in [0.2, 0.25) is 0 Å². The van der Waals surface area contributed by atoms with E-state index in [1.54, 1.807) is 0 Å². The first-order valence-electron chi connectivity index (χ1n) is 14.1. The number of β-amino-alcohol motifs (C(OH)–C–C–N with tert-alkyl or cyclic N) is 1. The molecule has 0 aromatic heterocycles. The van der Waals surface area contributed by atoms with E-state index in [0.717, 1.165) is 44.9 Å². The van der Waals surface area contributed by atoms with Crippen molar-refractivity contribution >= 4 is 23.6 Å². The average Bonchev–Trinajstić information content (AvgIpc) is 3.42. The minimum Gasteiger partial charge on any atom is -0.467 e. The first-order valence-corrected chi connectivity index (χ1v) is 14.1. The molecule has 0 aromatic rings. The van der Waals surface area contributed by atoms with Crippen LogP contribution in [0.3, 0.4) is 0 Å². The van der Waals surface area contributed by atoms with Gasteiger partial charge in [-0.1, -0.05) is 19.4 Å². The Morgan fingerprint density at radius 1 is 1.05 bits per heavy atom. The van der Waals surface area contributed by atoms with E-state index in [0.29, 0.717) is 24.2 Å². The van der Waals surface area contributed by atoms with Crippen LogP contribution in [-0.4, -0.2) is 65.5 Å². The van der Waals surface area contributed by atoms with Gasteiger partial charge < -0.3 is 19.5 Å². The number of methoxy groups -OCH3 is 1. The molecule has 0 spiro atoms. The molecule has 5 rings (SSSR count). The standard InChI is InChI=1S/C29H41NO7/c1-28-12-10-18(31)14-17(28)4-5-20-21-6-7-24(29(21,2)13-11-22(20)28)37-26(34)9-8-25(33)30-16-19(32)15-23(30)27(35)36-3/h14,19-24,32H,4-13,15-16H2,1-3H3/t19-,20+,21+,22-,23-,24+,28+,29+/m1/s1. The molecule has 0 radical (unpaired) electrons. The summed E-state index contributed by atoms with van der Waals surface area (Å²) in [5, 5.41) is 9.93. The van der Waals surface area contributed by atoms with E-state index in [1.807, 2.05) is 6.08 Å². The molecule has 8 atom stereocenters. The van der Waals surface area contributed by atoms with Crippen LogP contribution in [0.25, 0.3) is 0 Å². The lowest BCUT2D eigenvalue weighted by Gasteiger charge is -2.57. The molecule has 0 unspecified atom stereocenters. The van der Waals surface area contributed by atoms with Gasteiger partial charge in [-0.25, -0.2) is 4.79 Å². The first-order chi connectivity index (χ1) is 17.6. The summed E-state index contributed by atoms with van der Waals surface area (Å²) < 4.78 is 10.8. The summed E-state index contributed by atoms with van der Waals surface area (Å²) in [6.45, 7) is 4.73. The second kappa shape index (κ2) is 9.83. The number of fused-ring (bicyclic) bond motifs is 5. The molecule has 1 saturated heterocycles. The lowest BCUT2D eigenvalue weighted by Crippen LogP contribution is -2.51. The number of allylic oxidation sites excluding steroid dienone is 1. The van der Waals surface area contributed by atoms with Crippen molar-refractivity contribution in [1.82, 2.24) is 4.90 Å². The third-order valence-electron chi connectivity index (χ3n) is 10.8. The maximum absolute atomic E-state index is 12.8. The number of esters is 2. The fourth-order valence-electron chi connectivity index (χ4n) is 8.72. The number of hydrogen-bond donors (Lipinski definition) is 1. The van der Waals surface area contributed by atoms with Gasteiger partial charge >= 0.3 is 11.9 Å². The number of likely N-dealkylation sites (tertiary alicyclic amines) is 1. The molecular formula is C29H41NO7. The topological polar surface area (TPSA) is 110 Å². The number of ketones is 1. The number of amides is 1. The van der Waals surface area contributed by atoms with E-state index in [1.165, 1.54) is 17.6 Å². The minimum atomic E-state index is -0.803. The van der Waals surface area contributed by atoms with Crippen LogP contribution < -0.4 is 0 Å². The third-order valence-corrected chi connectivity index (χ3v) is 10.8. The summed E-state index contributed by atoms with van der Waals surface area (Å²) >= 11 is 0. The number of nitrogens with zero attached hydrogens (tertiary/aromatic N) is 1. The summed E-state index contributed by atoms with van der Waals surface area (Å²) in [6, 6.07) is -0.803. The Morgan fingerprint density at radius 2 is 1.84 bits per heavy atom. The van der Waals surface area contributed by atoms with Crippen LogP contribution in [0.1, 0.15) is 84.5 Å². The number of ether oxygens (including phenoxy) is 2. The molecule has 1 N–H and O–H groups in total. The predicted molar refractivity (Wildman–Crippen MR) is 134 cm³/mol. The Morgan fingerprint density at radius 3 is 2.59 bits per heavy atom. The largest absolute Gasteiger partial charge is 0.467 e. The van der Waals surface area contributed by atoms with Crippen molar-refractivity contribution in [2.24, 2.45) is 28.6 Å². The fraction of sp³-hybridized carbons (Fsp3) is 0.793. The summed E-state index contributed by atoms with van der Waals surface area (Å²) in [5.41, 5.74) is 1.43.